The lowest BCUT2D eigenvalue weighted by atomic mass is 10.2. The molecular formula is C13H10Cl2N2O2. The van der Waals surface area contributed by atoms with Crippen molar-refractivity contribution in [2.24, 2.45) is 0 Å². The number of nitrogens with zero attached hydrogens (tertiary/aromatic N) is 1. The van der Waals surface area contributed by atoms with Crippen molar-refractivity contribution in [2.45, 2.75) is 6.54 Å². The summed E-state index contributed by atoms with van der Waals surface area (Å²) in [7, 11) is 0. The summed E-state index contributed by atoms with van der Waals surface area (Å²) in [6, 6.07) is 10.1. The van der Waals surface area contributed by atoms with Gasteiger partial charge in [0.25, 0.3) is 0 Å². The van der Waals surface area contributed by atoms with Gasteiger partial charge in [0.15, 0.2) is 0 Å². The van der Waals surface area contributed by atoms with Gasteiger partial charge >= 0.3 is 5.97 Å². The Morgan fingerprint density at radius 2 is 1.84 bits per heavy atom. The van der Waals surface area contributed by atoms with Gasteiger partial charge in [0.05, 0.1) is 0 Å². The molecule has 2 aromatic rings. The Morgan fingerprint density at radius 1 is 1.16 bits per heavy atom. The number of hydrogen-bond donors (Lipinski definition) is 2. The van der Waals surface area contributed by atoms with Gasteiger partial charge in [-0.2, -0.15) is 0 Å². The maximum Gasteiger partial charge on any atom is 0.339 e. The molecule has 0 radical (unpaired) electrons. The van der Waals surface area contributed by atoms with Gasteiger partial charge in [-0.05, 0) is 29.8 Å². The van der Waals surface area contributed by atoms with Gasteiger partial charge in [-0.3, -0.25) is 0 Å². The molecule has 0 aliphatic heterocycles. The Bertz CT molecular complexity index is 600. The Hall–Kier alpha value is -1.78. The molecule has 0 amide bonds. The van der Waals surface area contributed by atoms with Crippen molar-refractivity contribution in [1.82, 2.24) is 4.98 Å². The van der Waals surface area contributed by atoms with Crippen LogP contribution in [0.5, 0.6) is 0 Å². The maximum atomic E-state index is 11.0. The smallest absolute Gasteiger partial charge is 0.339 e. The monoisotopic (exact) mass is 296 g/mol. The van der Waals surface area contributed by atoms with E-state index in [4.69, 9.17) is 28.3 Å². The number of carboxylic acids is 1. The van der Waals surface area contributed by atoms with E-state index in [0.717, 1.165) is 5.56 Å². The molecule has 1 aromatic heterocycles. The zero-order chi connectivity index (χ0) is 13.8. The van der Waals surface area contributed by atoms with E-state index >= 15 is 0 Å². The number of nitrogens with one attached hydrogen (secondary N) is 1. The molecule has 1 heterocycles. The molecule has 0 spiro atoms. The third kappa shape index (κ3) is 3.59. The third-order valence-electron chi connectivity index (χ3n) is 2.46. The molecule has 0 unspecified atom stereocenters. The normalized spacial score (nSPS) is 10.2. The number of anilines is 1. The van der Waals surface area contributed by atoms with Crippen LogP contribution in [-0.4, -0.2) is 16.1 Å². The molecule has 0 saturated heterocycles. The second-order valence-corrected chi connectivity index (χ2v) is 4.64. The molecule has 0 aliphatic carbocycles. The highest BCUT2D eigenvalue weighted by atomic mass is 35.5. The lowest BCUT2D eigenvalue weighted by molar-refractivity contribution is 0.0697. The Kier molecular flexibility index (Phi) is 4.24. The third-order valence-corrected chi connectivity index (χ3v) is 2.93. The van der Waals surface area contributed by atoms with Crippen molar-refractivity contribution in [3.63, 3.8) is 0 Å². The Morgan fingerprint density at radius 3 is 2.47 bits per heavy atom. The standard InChI is InChI=1S/C13H10Cl2N2O2/c14-9-3-1-8(2-4-9)7-16-12-10(13(18)19)5-6-11(15)17-12/h1-6H,7H2,(H,16,17)(H,18,19). The number of hydrogen-bond acceptors (Lipinski definition) is 3. The van der Waals surface area contributed by atoms with E-state index < -0.39 is 5.97 Å². The quantitative estimate of drug-likeness (QED) is 0.845. The number of halogens is 2. The summed E-state index contributed by atoms with van der Waals surface area (Å²) in [5.74, 6) is -0.808. The highest BCUT2D eigenvalue weighted by Crippen LogP contribution is 2.18. The predicted octanol–water partition coefficient (Wildman–Crippen LogP) is 3.70. The van der Waals surface area contributed by atoms with Crippen LogP contribution >= 0.6 is 23.2 Å². The van der Waals surface area contributed by atoms with Crippen molar-refractivity contribution >= 4 is 35.0 Å². The molecule has 0 fully saturated rings. The van der Waals surface area contributed by atoms with Crippen LogP contribution < -0.4 is 5.32 Å². The number of carbonyl (C=O) groups is 1. The van der Waals surface area contributed by atoms with Crippen LogP contribution in [0.15, 0.2) is 36.4 Å². The number of aromatic nitrogens is 1. The van der Waals surface area contributed by atoms with Crippen LogP contribution in [0.1, 0.15) is 15.9 Å². The number of benzene rings is 1. The first-order valence-corrected chi connectivity index (χ1v) is 6.20. The maximum absolute atomic E-state index is 11.0. The summed E-state index contributed by atoms with van der Waals surface area (Å²) in [4.78, 5) is 15.0. The van der Waals surface area contributed by atoms with E-state index in [1.165, 1.54) is 12.1 Å². The number of carboxylic acid groups (broad SMARTS) is 1. The van der Waals surface area contributed by atoms with Crippen molar-refractivity contribution in [2.75, 3.05) is 5.32 Å². The van der Waals surface area contributed by atoms with Crippen LogP contribution in [0.25, 0.3) is 0 Å². The van der Waals surface area contributed by atoms with Crippen LogP contribution in [-0.2, 0) is 6.54 Å². The zero-order valence-corrected chi connectivity index (χ0v) is 11.2. The fraction of sp³-hybridized carbons (Fsp3) is 0.0769. The largest absolute Gasteiger partial charge is 0.478 e. The second kappa shape index (κ2) is 5.91. The first-order chi connectivity index (χ1) is 9.06. The lowest BCUT2D eigenvalue weighted by Crippen LogP contribution is -2.08. The first-order valence-electron chi connectivity index (χ1n) is 5.44. The summed E-state index contributed by atoms with van der Waals surface area (Å²) in [5, 5.41) is 12.9. The molecule has 4 nitrogen and oxygen atoms in total. The van der Waals surface area contributed by atoms with Gasteiger partial charge in [-0.15, -0.1) is 0 Å². The SMILES string of the molecule is O=C(O)c1ccc(Cl)nc1NCc1ccc(Cl)cc1. The van der Waals surface area contributed by atoms with Gasteiger partial charge in [0, 0.05) is 11.6 Å². The molecule has 1 aromatic carbocycles. The minimum atomic E-state index is -1.05. The Labute approximate surface area is 120 Å². The molecule has 2 N–H and O–H groups in total. The van der Waals surface area contributed by atoms with E-state index in [2.05, 4.69) is 10.3 Å². The van der Waals surface area contributed by atoms with Crippen molar-refractivity contribution in [3.8, 4) is 0 Å². The number of rotatable bonds is 4. The van der Waals surface area contributed by atoms with Gasteiger partial charge in [0.2, 0.25) is 0 Å². The fourth-order valence-corrected chi connectivity index (χ4v) is 1.80. The summed E-state index contributed by atoms with van der Waals surface area (Å²) in [6.07, 6.45) is 0. The van der Waals surface area contributed by atoms with Crippen LogP contribution in [0, 0.1) is 0 Å². The van der Waals surface area contributed by atoms with E-state index in [9.17, 15) is 4.79 Å². The minimum Gasteiger partial charge on any atom is -0.478 e. The first kappa shape index (κ1) is 13.6. The van der Waals surface area contributed by atoms with Gasteiger partial charge in [-0.1, -0.05) is 35.3 Å². The van der Waals surface area contributed by atoms with Gasteiger partial charge in [0.1, 0.15) is 16.5 Å². The average Bonchev–Trinajstić information content (AvgIpc) is 2.38. The molecule has 0 aliphatic rings. The van der Waals surface area contributed by atoms with Crippen LogP contribution in [0.3, 0.4) is 0 Å². The molecule has 98 valence electrons. The second-order valence-electron chi connectivity index (χ2n) is 3.82. The van der Waals surface area contributed by atoms with Gasteiger partial charge < -0.3 is 10.4 Å². The predicted molar refractivity (Wildman–Crippen MR) is 75.0 cm³/mol. The topological polar surface area (TPSA) is 62.2 Å². The highest BCUT2D eigenvalue weighted by Gasteiger charge is 2.11. The summed E-state index contributed by atoms with van der Waals surface area (Å²) >= 11 is 11.6. The zero-order valence-electron chi connectivity index (χ0n) is 9.73. The molecular weight excluding hydrogens is 287 g/mol. The number of aromatic carboxylic acids is 1. The Balaban J connectivity index is 2.16. The lowest BCUT2D eigenvalue weighted by Gasteiger charge is -2.09. The van der Waals surface area contributed by atoms with Crippen molar-refractivity contribution < 1.29 is 9.90 Å². The molecule has 19 heavy (non-hydrogen) atoms. The number of pyridine rings is 1. The average molecular weight is 297 g/mol. The molecule has 6 heteroatoms. The fourth-order valence-electron chi connectivity index (χ4n) is 1.53. The van der Waals surface area contributed by atoms with E-state index in [1.54, 1.807) is 12.1 Å². The van der Waals surface area contributed by atoms with Crippen LogP contribution in [0.2, 0.25) is 10.2 Å². The molecule has 0 bridgehead atoms. The van der Waals surface area contributed by atoms with Crippen molar-refractivity contribution in [1.29, 1.82) is 0 Å². The summed E-state index contributed by atoms with van der Waals surface area (Å²) < 4.78 is 0. The van der Waals surface area contributed by atoms with E-state index in [0.29, 0.717) is 11.6 Å². The van der Waals surface area contributed by atoms with E-state index in [-0.39, 0.29) is 16.5 Å². The minimum absolute atomic E-state index is 0.0818. The van der Waals surface area contributed by atoms with E-state index in [1.807, 2.05) is 12.1 Å². The summed E-state index contributed by atoms with van der Waals surface area (Å²) in [5.41, 5.74) is 1.04. The van der Waals surface area contributed by atoms with Crippen molar-refractivity contribution in [3.05, 3.63) is 57.7 Å². The molecule has 0 atom stereocenters. The highest BCUT2D eigenvalue weighted by molar-refractivity contribution is 6.30. The van der Waals surface area contributed by atoms with Crippen LogP contribution in [0.4, 0.5) is 5.82 Å². The van der Waals surface area contributed by atoms with Gasteiger partial charge in [-0.25, -0.2) is 9.78 Å². The molecule has 0 saturated carbocycles. The summed E-state index contributed by atoms with van der Waals surface area (Å²) in [6.45, 7) is 0.435. The molecule has 2 rings (SSSR count).